The summed E-state index contributed by atoms with van der Waals surface area (Å²) in [6.07, 6.45) is 0.545. The first-order valence-electron chi connectivity index (χ1n) is 7.99. The van der Waals surface area contributed by atoms with Crippen molar-refractivity contribution in [1.82, 2.24) is 4.90 Å². The summed E-state index contributed by atoms with van der Waals surface area (Å²) in [7, 11) is 0. The third-order valence-corrected chi connectivity index (χ3v) is 4.36. The molecule has 2 amide bonds. The zero-order chi connectivity index (χ0) is 17.1. The second kappa shape index (κ2) is 6.84. The van der Waals surface area contributed by atoms with E-state index in [4.69, 9.17) is 5.73 Å². The number of amides is 2. The van der Waals surface area contributed by atoms with Gasteiger partial charge < -0.3 is 11.1 Å². The number of rotatable bonds is 4. The number of carbonyl (C=O) groups excluding carboxylic acids is 2. The summed E-state index contributed by atoms with van der Waals surface area (Å²) in [5.41, 5.74) is 9.69. The Hall–Kier alpha value is -2.66. The van der Waals surface area contributed by atoms with Crippen LogP contribution in [0.2, 0.25) is 0 Å². The lowest BCUT2D eigenvalue weighted by molar-refractivity contribution is -0.125. The topological polar surface area (TPSA) is 75.4 Å². The Labute approximate surface area is 141 Å². The van der Waals surface area contributed by atoms with Gasteiger partial charge in [-0.25, -0.2) is 0 Å². The van der Waals surface area contributed by atoms with E-state index in [0.29, 0.717) is 13.0 Å². The van der Waals surface area contributed by atoms with Gasteiger partial charge in [0.1, 0.15) is 0 Å². The molecule has 124 valence electrons. The van der Waals surface area contributed by atoms with Crippen LogP contribution in [-0.4, -0.2) is 29.3 Å². The largest absolute Gasteiger partial charge is 0.368 e. The molecule has 1 aliphatic heterocycles. The Morgan fingerprint density at radius 2 is 1.79 bits per heavy atom. The number of primary amides is 1. The molecule has 0 unspecified atom stereocenters. The van der Waals surface area contributed by atoms with Crippen molar-refractivity contribution in [3.8, 4) is 0 Å². The van der Waals surface area contributed by atoms with E-state index in [1.54, 1.807) is 0 Å². The number of aryl methyl sites for hydroxylation is 1. The average molecular weight is 323 g/mol. The fourth-order valence-electron chi connectivity index (χ4n) is 3.05. The SMILES string of the molecule is Cc1ccc(NC(=O)CN2Cc3ccccc3C[C@H]2C(N)=O)cc1. The number of nitrogens with two attached hydrogens (primary N) is 1. The molecule has 2 aromatic carbocycles. The number of benzene rings is 2. The van der Waals surface area contributed by atoms with Crippen LogP contribution in [0.15, 0.2) is 48.5 Å². The Balaban J connectivity index is 1.71. The predicted octanol–water partition coefficient (Wildman–Crippen LogP) is 1.85. The molecule has 0 spiro atoms. The molecule has 1 heterocycles. The minimum absolute atomic E-state index is 0.135. The Kier molecular flexibility index (Phi) is 4.62. The van der Waals surface area contributed by atoms with Crippen LogP contribution in [0.3, 0.4) is 0 Å². The van der Waals surface area contributed by atoms with Crippen molar-refractivity contribution < 1.29 is 9.59 Å². The number of fused-ring (bicyclic) bond motifs is 1. The maximum atomic E-state index is 12.3. The van der Waals surface area contributed by atoms with Gasteiger partial charge in [0.05, 0.1) is 12.6 Å². The number of hydrogen-bond donors (Lipinski definition) is 2. The third kappa shape index (κ3) is 3.63. The minimum atomic E-state index is -0.455. The smallest absolute Gasteiger partial charge is 0.238 e. The van der Waals surface area contributed by atoms with Gasteiger partial charge in [-0.2, -0.15) is 0 Å². The number of hydrogen-bond acceptors (Lipinski definition) is 3. The van der Waals surface area contributed by atoms with Gasteiger partial charge in [0, 0.05) is 12.2 Å². The first-order valence-corrected chi connectivity index (χ1v) is 7.99. The Morgan fingerprint density at radius 1 is 1.12 bits per heavy atom. The molecule has 1 atom stereocenters. The Bertz CT molecular complexity index is 755. The first-order chi connectivity index (χ1) is 11.5. The quantitative estimate of drug-likeness (QED) is 0.901. The standard InChI is InChI=1S/C19H21N3O2/c1-13-6-8-16(9-7-13)21-18(23)12-22-11-15-5-3-2-4-14(15)10-17(22)19(20)24/h2-9,17H,10-12H2,1H3,(H2,20,24)(H,21,23)/t17-/m0/s1. The van der Waals surface area contributed by atoms with Crippen molar-refractivity contribution in [2.45, 2.75) is 25.9 Å². The van der Waals surface area contributed by atoms with Crippen molar-refractivity contribution >= 4 is 17.5 Å². The van der Waals surface area contributed by atoms with Crippen molar-refractivity contribution in [1.29, 1.82) is 0 Å². The molecule has 0 fully saturated rings. The molecule has 5 nitrogen and oxygen atoms in total. The van der Waals surface area contributed by atoms with Gasteiger partial charge >= 0.3 is 0 Å². The molecule has 3 rings (SSSR count). The van der Waals surface area contributed by atoms with Gasteiger partial charge in [-0.05, 0) is 36.6 Å². The highest BCUT2D eigenvalue weighted by atomic mass is 16.2. The Morgan fingerprint density at radius 3 is 2.46 bits per heavy atom. The molecular formula is C19H21N3O2. The zero-order valence-corrected chi connectivity index (χ0v) is 13.7. The lowest BCUT2D eigenvalue weighted by atomic mass is 9.93. The number of carbonyl (C=O) groups is 2. The summed E-state index contributed by atoms with van der Waals surface area (Å²) < 4.78 is 0. The normalized spacial score (nSPS) is 17.1. The number of anilines is 1. The molecule has 0 aliphatic carbocycles. The molecule has 0 saturated carbocycles. The summed E-state index contributed by atoms with van der Waals surface area (Å²) in [5, 5.41) is 2.87. The predicted molar refractivity (Wildman–Crippen MR) is 93.3 cm³/mol. The molecular weight excluding hydrogens is 302 g/mol. The zero-order valence-electron chi connectivity index (χ0n) is 13.7. The first kappa shape index (κ1) is 16.2. The summed E-state index contributed by atoms with van der Waals surface area (Å²) in [5.74, 6) is -0.544. The van der Waals surface area contributed by atoms with Crippen molar-refractivity contribution in [2.24, 2.45) is 5.73 Å². The van der Waals surface area contributed by atoms with Crippen molar-refractivity contribution in [3.63, 3.8) is 0 Å². The fourth-order valence-corrected chi connectivity index (χ4v) is 3.05. The van der Waals surface area contributed by atoms with E-state index in [1.807, 2.05) is 60.4 Å². The van der Waals surface area contributed by atoms with E-state index in [0.717, 1.165) is 22.4 Å². The van der Waals surface area contributed by atoms with Gasteiger partial charge in [0.15, 0.2) is 0 Å². The fraction of sp³-hybridized carbons (Fsp3) is 0.263. The lowest BCUT2D eigenvalue weighted by Crippen LogP contribution is -2.50. The van der Waals surface area contributed by atoms with E-state index in [2.05, 4.69) is 5.32 Å². The van der Waals surface area contributed by atoms with Crippen molar-refractivity contribution in [2.75, 3.05) is 11.9 Å². The van der Waals surface area contributed by atoms with Crippen LogP contribution in [-0.2, 0) is 22.6 Å². The molecule has 1 aliphatic rings. The highest BCUT2D eigenvalue weighted by molar-refractivity contribution is 5.93. The average Bonchev–Trinajstić information content (AvgIpc) is 2.56. The van der Waals surface area contributed by atoms with E-state index in [1.165, 1.54) is 0 Å². The maximum absolute atomic E-state index is 12.3. The van der Waals surface area contributed by atoms with Crippen LogP contribution in [0.4, 0.5) is 5.69 Å². The third-order valence-electron chi connectivity index (χ3n) is 4.36. The highest BCUT2D eigenvalue weighted by Gasteiger charge is 2.31. The van der Waals surface area contributed by atoms with E-state index < -0.39 is 11.9 Å². The molecule has 0 saturated heterocycles. The minimum Gasteiger partial charge on any atom is -0.368 e. The summed E-state index contributed by atoms with van der Waals surface area (Å²) in [4.78, 5) is 26.0. The van der Waals surface area contributed by atoms with Gasteiger partial charge in [0.2, 0.25) is 11.8 Å². The van der Waals surface area contributed by atoms with Crippen LogP contribution in [0.1, 0.15) is 16.7 Å². The molecule has 0 bridgehead atoms. The van der Waals surface area contributed by atoms with Gasteiger partial charge in [-0.15, -0.1) is 0 Å². The highest BCUT2D eigenvalue weighted by Crippen LogP contribution is 2.23. The van der Waals surface area contributed by atoms with Gasteiger partial charge in [-0.1, -0.05) is 42.0 Å². The molecule has 24 heavy (non-hydrogen) atoms. The molecule has 5 heteroatoms. The monoisotopic (exact) mass is 323 g/mol. The van der Waals surface area contributed by atoms with Crippen LogP contribution < -0.4 is 11.1 Å². The second-order valence-electron chi connectivity index (χ2n) is 6.21. The molecule has 0 aromatic heterocycles. The summed E-state index contributed by atoms with van der Waals surface area (Å²) >= 11 is 0. The second-order valence-corrected chi connectivity index (χ2v) is 6.21. The molecule has 0 radical (unpaired) electrons. The van der Waals surface area contributed by atoms with E-state index in [9.17, 15) is 9.59 Å². The van der Waals surface area contributed by atoms with Crippen molar-refractivity contribution in [3.05, 3.63) is 65.2 Å². The van der Waals surface area contributed by atoms with Crippen LogP contribution in [0, 0.1) is 6.92 Å². The lowest BCUT2D eigenvalue weighted by Gasteiger charge is -2.34. The van der Waals surface area contributed by atoms with Gasteiger partial charge in [-0.3, -0.25) is 14.5 Å². The molecule has 3 N–H and O–H groups in total. The maximum Gasteiger partial charge on any atom is 0.238 e. The van der Waals surface area contributed by atoms with Crippen LogP contribution in [0.25, 0.3) is 0 Å². The molecule has 2 aromatic rings. The summed E-state index contributed by atoms with van der Waals surface area (Å²) in [6, 6.07) is 15.1. The number of nitrogens with one attached hydrogen (secondary N) is 1. The van der Waals surface area contributed by atoms with Crippen LogP contribution >= 0.6 is 0 Å². The van der Waals surface area contributed by atoms with E-state index in [-0.39, 0.29) is 12.5 Å². The summed E-state index contributed by atoms with van der Waals surface area (Å²) in [6.45, 7) is 2.68. The van der Waals surface area contributed by atoms with Gasteiger partial charge in [0.25, 0.3) is 0 Å². The van der Waals surface area contributed by atoms with Crippen LogP contribution in [0.5, 0.6) is 0 Å². The van der Waals surface area contributed by atoms with E-state index >= 15 is 0 Å². The number of nitrogens with zero attached hydrogens (tertiary/aromatic N) is 1.